The minimum absolute atomic E-state index is 0.207. The van der Waals surface area contributed by atoms with Gasteiger partial charge in [0.25, 0.3) is 0 Å². The molecule has 0 amide bonds. The Kier molecular flexibility index (Phi) is 6.57. The van der Waals surface area contributed by atoms with Gasteiger partial charge in [-0.25, -0.2) is 4.98 Å². The number of anilines is 2. The minimum atomic E-state index is 0.207. The van der Waals surface area contributed by atoms with Gasteiger partial charge in [0.2, 0.25) is 11.8 Å². The number of nitrogens with zero attached hydrogens (tertiary/aromatic N) is 5. The van der Waals surface area contributed by atoms with Crippen molar-refractivity contribution in [2.24, 2.45) is 5.92 Å². The maximum Gasteiger partial charge on any atom is 0.250 e. The summed E-state index contributed by atoms with van der Waals surface area (Å²) >= 11 is 3.65. The molecule has 0 saturated carbocycles. The van der Waals surface area contributed by atoms with Crippen LogP contribution in [0.15, 0.2) is 57.6 Å². The SMILES string of the molecule is Brc1ccc2c(c1)N1CCCC(C1)OC/C=C/CC1CCCN(C1)c1cc(ccn1)-c1nnc-2o1. The van der Waals surface area contributed by atoms with Crippen LogP contribution >= 0.6 is 15.9 Å². The zero-order valence-electron chi connectivity index (χ0n) is 19.8. The van der Waals surface area contributed by atoms with Gasteiger partial charge < -0.3 is 19.0 Å². The molecule has 3 aliphatic heterocycles. The second kappa shape index (κ2) is 10.1. The number of fused-ring (bicyclic) bond motifs is 13. The summed E-state index contributed by atoms with van der Waals surface area (Å²) < 4.78 is 13.5. The van der Waals surface area contributed by atoms with Gasteiger partial charge in [0, 0.05) is 42.4 Å². The number of benzene rings is 1. The summed E-state index contributed by atoms with van der Waals surface area (Å²) in [5.41, 5.74) is 2.93. The first-order chi connectivity index (χ1) is 17.2. The molecule has 2 atom stereocenters. The third-order valence-corrected chi connectivity index (χ3v) is 7.73. The summed E-state index contributed by atoms with van der Waals surface area (Å²) in [5, 5.41) is 8.86. The number of ether oxygens (including phenoxy) is 1. The molecule has 182 valence electrons. The highest BCUT2D eigenvalue weighted by molar-refractivity contribution is 9.10. The quantitative estimate of drug-likeness (QED) is 0.341. The fourth-order valence-corrected chi connectivity index (χ4v) is 5.78. The summed E-state index contributed by atoms with van der Waals surface area (Å²) in [6.07, 6.45) is 12.2. The van der Waals surface area contributed by atoms with E-state index < -0.39 is 0 Å². The number of rotatable bonds is 0. The molecule has 0 spiro atoms. The number of halogens is 1. The van der Waals surface area contributed by atoms with E-state index in [2.05, 4.69) is 71.3 Å². The van der Waals surface area contributed by atoms with E-state index in [4.69, 9.17) is 9.15 Å². The van der Waals surface area contributed by atoms with Crippen molar-refractivity contribution in [2.45, 2.75) is 38.2 Å². The lowest BCUT2D eigenvalue weighted by Crippen LogP contribution is -2.40. The second-order valence-electron chi connectivity index (χ2n) is 9.68. The predicted molar refractivity (Wildman–Crippen MR) is 141 cm³/mol. The topological polar surface area (TPSA) is 67.5 Å². The van der Waals surface area contributed by atoms with E-state index in [0.717, 1.165) is 72.5 Å². The maximum atomic E-state index is 6.28. The van der Waals surface area contributed by atoms with E-state index in [1.165, 1.54) is 12.8 Å². The van der Waals surface area contributed by atoms with Crippen LogP contribution in [0.4, 0.5) is 11.5 Å². The van der Waals surface area contributed by atoms with E-state index in [-0.39, 0.29) is 6.10 Å². The van der Waals surface area contributed by atoms with Crippen molar-refractivity contribution in [3.8, 4) is 22.9 Å². The first-order valence-electron chi connectivity index (χ1n) is 12.6. The number of allylic oxidation sites excluding steroid dienone is 1. The van der Waals surface area contributed by atoms with Crippen LogP contribution in [0.2, 0.25) is 0 Å². The van der Waals surface area contributed by atoms with Crippen LogP contribution in [0.1, 0.15) is 32.1 Å². The zero-order valence-corrected chi connectivity index (χ0v) is 21.4. The van der Waals surface area contributed by atoms with E-state index in [9.17, 15) is 0 Å². The van der Waals surface area contributed by atoms with Crippen molar-refractivity contribution in [3.63, 3.8) is 0 Å². The number of hydrogen-bond donors (Lipinski definition) is 0. The largest absolute Gasteiger partial charge is 0.416 e. The minimum Gasteiger partial charge on any atom is -0.416 e. The van der Waals surface area contributed by atoms with Crippen LogP contribution in [-0.2, 0) is 4.74 Å². The van der Waals surface area contributed by atoms with Crippen molar-refractivity contribution in [2.75, 3.05) is 42.6 Å². The summed E-state index contributed by atoms with van der Waals surface area (Å²) in [4.78, 5) is 9.44. The second-order valence-corrected chi connectivity index (χ2v) is 10.6. The molecule has 7 nitrogen and oxygen atoms in total. The van der Waals surface area contributed by atoms with Crippen LogP contribution in [0, 0.1) is 5.92 Å². The van der Waals surface area contributed by atoms with E-state index >= 15 is 0 Å². The number of aromatic nitrogens is 3. The molecule has 8 heteroatoms. The van der Waals surface area contributed by atoms with E-state index in [0.29, 0.717) is 24.3 Å². The number of pyridine rings is 1. The lowest BCUT2D eigenvalue weighted by atomic mass is 9.94. The Balaban J connectivity index is 1.39. The number of piperidine rings is 2. The summed E-state index contributed by atoms with van der Waals surface area (Å²) in [7, 11) is 0. The van der Waals surface area contributed by atoms with E-state index in [1.54, 1.807) is 0 Å². The highest BCUT2D eigenvalue weighted by atomic mass is 79.9. The Labute approximate surface area is 214 Å². The van der Waals surface area contributed by atoms with Crippen LogP contribution in [0.3, 0.4) is 0 Å². The monoisotopic (exact) mass is 535 g/mol. The molecule has 2 saturated heterocycles. The number of hydrogen-bond acceptors (Lipinski definition) is 7. The van der Waals surface area contributed by atoms with Crippen molar-refractivity contribution in [3.05, 3.63) is 53.2 Å². The average Bonchev–Trinajstić information content (AvgIpc) is 3.39. The van der Waals surface area contributed by atoms with Crippen molar-refractivity contribution < 1.29 is 9.15 Å². The predicted octanol–water partition coefficient (Wildman–Crippen LogP) is 5.72. The van der Waals surface area contributed by atoms with Crippen molar-refractivity contribution >= 4 is 27.4 Å². The Bertz CT molecular complexity index is 1210. The molecule has 6 rings (SSSR count). The van der Waals surface area contributed by atoms with Crippen LogP contribution in [-0.4, -0.2) is 54.1 Å². The fraction of sp³-hybridized carbons (Fsp3) is 0.444. The van der Waals surface area contributed by atoms with Gasteiger partial charge in [-0.3, -0.25) is 0 Å². The van der Waals surface area contributed by atoms with Gasteiger partial charge in [0.1, 0.15) is 5.82 Å². The molecule has 3 aliphatic rings. The van der Waals surface area contributed by atoms with Gasteiger partial charge in [-0.2, -0.15) is 0 Å². The Morgan fingerprint density at radius 2 is 1.80 bits per heavy atom. The van der Waals surface area contributed by atoms with Crippen LogP contribution in [0.5, 0.6) is 0 Å². The smallest absolute Gasteiger partial charge is 0.250 e. The van der Waals surface area contributed by atoms with Gasteiger partial charge in [-0.15, -0.1) is 10.2 Å². The fourth-order valence-electron chi connectivity index (χ4n) is 5.43. The molecule has 0 N–H and O–H groups in total. The molecule has 2 fully saturated rings. The Morgan fingerprint density at radius 1 is 0.914 bits per heavy atom. The zero-order chi connectivity index (χ0) is 23.6. The standard InChI is InChI=1S/C27H30BrN5O2/c28-21-8-9-23-24(16-21)32-12-4-7-22(18-32)34-14-2-1-5-19-6-3-13-33(17-19)25-15-20(10-11-29-25)26-30-31-27(23)35-26/h1-2,8-11,15-16,19,22H,3-7,12-14,17-18H2/b2-1+. The molecule has 2 unspecified atom stereocenters. The normalized spacial score (nSPS) is 23.6. The highest BCUT2D eigenvalue weighted by Crippen LogP contribution is 2.36. The molecule has 5 heterocycles. The molecule has 0 radical (unpaired) electrons. The summed E-state index contributed by atoms with van der Waals surface area (Å²) in [6, 6.07) is 10.2. The third kappa shape index (κ3) is 5.00. The van der Waals surface area contributed by atoms with Crippen molar-refractivity contribution in [1.29, 1.82) is 0 Å². The van der Waals surface area contributed by atoms with Gasteiger partial charge >= 0.3 is 0 Å². The summed E-state index contributed by atoms with van der Waals surface area (Å²) in [6.45, 7) is 4.52. The lowest BCUT2D eigenvalue weighted by Gasteiger charge is -2.35. The molecule has 35 heavy (non-hydrogen) atoms. The molecule has 0 aliphatic carbocycles. The molecule has 2 aromatic heterocycles. The average molecular weight is 536 g/mol. The first-order valence-corrected chi connectivity index (χ1v) is 13.4. The molecular weight excluding hydrogens is 506 g/mol. The van der Waals surface area contributed by atoms with Crippen LogP contribution < -0.4 is 9.80 Å². The van der Waals surface area contributed by atoms with Crippen LogP contribution in [0.25, 0.3) is 22.9 Å². The highest BCUT2D eigenvalue weighted by Gasteiger charge is 2.25. The van der Waals surface area contributed by atoms with Crippen molar-refractivity contribution in [1.82, 2.24) is 15.2 Å². The van der Waals surface area contributed by atoms with Gasteiger partial charge in [-0.1, -0.05) is 28.1 Å². The first kappa shape index (κ1) is 22.7. The molecule has 8 bridgehead atoms. The lowest BCUT2D eigenvalue weighted by molar-refractivity contribution is 0.0630. The molecule has 1 aromatic carbocycles. The third-order valence-electron chi connectivity index (χ3n) is 7.23. The molecule has 3 aromatic rings. The van der Waals surface area contributed by atoms with Gasteiger partial charge in [0.05, 0.1) is 24.0 Å². The molecular formula is C27H30BrN5O2. The Morgan fingerprint density at radius 3 is 2.77 bits per heavy atom. The maximum absolute atomic E-state index is 6.28. The van der Waals surface area contributed by atoms with Gasteiger partial charge in [0.15, 0.2) is 0 Å². The summed E-state index contributed by atoms with van der Waals surface area (Å²) in [5.74, 6) is 2.65. The van der Waals surface area contributed by atoms with Gasteiger partial charge in [-0.05, 0) is 68.4 Å². The Hall–Kier alpha value is -2.71. The van der Waals surface area contributed by atoms with E-state index in [1.807, 2.05) is 18.3 Å².